The van der Waals surface area contributed by atoms with Gasteiger partial charge in [-0.1, -0.05) is 25.5 Å². The zero-order chi connectivity index (χ0) is 16.5. The molecule has 5 nitrogen and oxygen atoms in total. The van der Waals surface area contributed by atoms with Gasteiger partial charge in [-0.15, -0.1) is 0 Å². The number of amides is 1. The molecule has 0 atom stereocenters. The van der Waals surface area contributed by atoms with Crippen molar-refractivity contribution in [3.63, 3.8) is 0 Å². The summed E-state index contributed by atoms with van der Waals surface area (Å²) in [4.78, 5) is 27.3. The zero-order valence-corrected chi connectivity index (χ0v) is 13.1. The summed E-state index contributed by atoms with van der Waals surface area (Å²) < 4.78 is 4.96. The molecule has 2 rings (SSSR count). The monoisotopic (exact) mass is 312 g/mol. The third kappa shape index (κ3) is 5.54. The van der Waals surface area contributed by atoms with E-state index in [0.717, 1.165) is 19.3 Å². The molecule has 0 saturated carbocycles. The number of carbonyl (C=O) groups is 2. The number of hydrogen-bond acceptors (Lipinski definition) is 4. The molecular formula is C18H20N2O3. The minimum atomic E-state index is -0.544. The first kappa shape index (κ1) is 16.7. The lowest BCUT2D eigenvalue weighted by Gasteiger charge is -2.07. The summed E-state index contributed by atoms with van der Waals surface area (Å²) in [7, 11) is 0. The Bertz CT molecular complexity index is 639. The highest BCUT2D eigenvalue weighted by molar-refractivity contribution is 5.95. The van der Waals surface area contributed by atoms with Crippen LogP contribution in [0.5, 0.6) is 0 Å². The molecule has 0 radical (unpaired) electrons. The molecule has 0 bridgehead atoms. The maximum absolute atomic E-state index is 11.8. The number of pyridine rings is 1. The van der Waals surface area contributed by atoms with Gasteiger partial charge in [0.05, 0.1) is 5.56 Å². The van der Waals surface area contributed by atoms with Crippen molar-refractivity contribution in [3.05, 3.63) is 59.9 Å². The van der Waals surface area contributed by atoms with E-state index in [2.05, 4.69) is 17.2 Å². The van der Waals surface area contributed by atoms with Gasteiger partial charge in [-0.25, -0.2) is 4.79 Å². The lowest BCUT2D eigenvalue weighted by molar-refractivity contribution is -0.119. The molecule has 1 aromatic heterocycles. The molecule has 120 valence electrons. The van der Waals surface area contributed by atoms with Gasteiger partial charge >= 0.3 is 5.97 Å². The first-order valence-corrected chi connectivity index (χ1v) is 7.65. The number of esters is 1. The third-order valence-electron chi connectivity index (χ3n) is 3.31. The molecule has 0 fully saturated rings. The van der Waals surface area contributed by atoms with Gasteiger partial charge in [-0.05, 0) is 42.7 Å². The summed E-state index contributed by atoms with van der Waals surface area (Å²) in [6.45, 7) is 1.83. The van der Waals surface area contributed by atoms with Crippen LogP contribution in [0.3, 0.4) is 0 Å². The topological polar surface area (TPSA) is 68.3 Å². The van der Waals surface area contributed by atoms with Gasteiger partial charge in [0.2, 0.25) is 0 Å². The maximum Gasteiger partial charge on any atom is 0.338 e. The second-order valence-electron chi connectivity index (χ2n) is 5.16. The van der Waals surface area contributed by atoms with Crippen molar-refractivity contribution in [1.29, 1.82) is 0 Å². The van der Waals surface area contributed by atoms with E-state index in [1.165, 1.54) is 30.1 Å². The van der Waals surface area contributed by atoms with E-state index < -0.39 is 5.97 Å². The second kappa shape index (κ2) is 8.68. The van der Waals surface area contributed by atoms with E-state index in [9.17, 15) is 9.59 Å². The molecule has 5 heteroatoms. The van der Waals surface area contributed by atoms with Gasteiger partial charge < -0.3 is 10.1 Å². The summed E-state index contributed by atoms with van der Waals surface area (Å²) >= 11 is 0. The van der Waals surface area contributed by atoms with Crippen molar-refractivity contribution >= 4 is 17.6 Å². The molecule has 0 spiro atoms. The average Bonchev–Trinajstić information content (AvgIpc) is 2.60. The number of ether oxygens (including phenoxy) is 1. The first-order chi connectivity index (χ1) is 11.2. The van der Waals surface area contributed by atoms with Crippen molar-refractivity contribution in [3.8, 4) is 0 Å². The summed E-state index contributed by atoms with van der Waals surface area (Å²) in [6, 6.07) is 10.8. The van der Waals surface area contributed by atoms with E-state index >= 15 is 0 Å². The molecule has 1 N–H and O–H groups in total. The highest BCUT2D eigenvalue weighted by Crippen LogP contribution is 2.11. The van der Waals surface area contributed by atoms with Crippen LogP contribution in [0.25, 0.3) is 0 Å². The summed E-state index contributed by atoms with van der Waals surface area (Å²) in [5, 5.41) is 2.70. The maximum atomic E-state index is 11.8. The lowest BCUT2D eigenvalue weighted by Crippen LogP contribution is -2.20. The number of aryl methyl sites for hydroxylation is 1. The molecule has 0 aliphatic carbocycles. The third-order valence-corrected chi connectivity index (χ3v) is 3.31. The molecule has 1 heterocycles. The number of rotatable bonds is 7. The highest BCUT2D eigenvalue weighted by Gasteiger charge is 2.10. The quantitative estimate of drug-likeness (QED) is 0.797. The predicted octanol–water partition coefficient (Wildman–Crippen LogP) is 3.22. The van der Waals surface area contributed by atoms with E-state index in [-0.39, 0.29) is 12.5 Å². The van der Waals surface area contributed by atoms with Crippen LogP contribution in [0.15, 0.2) is 48.8 Å². The Morgan fingerprint density at radius 2 is 1.78 bits per heavy atom. The molecule has 1 amide bonds. The van der Waals surface area contributed by atoms with Crippen LogP contribution in [0, 0.1) is 0 Å². The van der Waals surface area contributed by atoms with Crippen LogP contribution in [0.4, 0.5) is 5.69 Å². The number of nitrogens with one attached hydrogen (secondary N) is 1. The number of unbranched alkanes of at least 4 members (excludes halogenated alkanes) is 1. The van der Waals surface area contributed by atoms with Crippen molar-refractivity contribution in [2.75, 3.05) is 11.9 Å². The molecule has 1 aromatic carbocycles. The Balaban J connectivity index is 1.79. The standard InChI is InChI=1S/C18H20N2O3/c1-2-3-4-14-5-7-16(8-6-14)20-17(21)13-23-18(22)15-9-11-19-12-10-15/h5-12H,2-4,13H2,1H3,(H,20,21). The Morgan fingerprint density at radius 1 is 1.09 bits per heavy atom. The summed E-state index contributed by atoms with van der Waals surface area (Å²) in [5.41, 5.74) is 2.30. The molecule has 0 aliphatic heterocycles. The van der Waals surface area contributed by atoms with Crippen LogP contribution in [0.2, 0.25) is 0 Å². The van der Waals surface area contributed by atoms with Gasteiger partial charge in [-0.2, -0.15) is 0 Å². The van der Waals surface area contributed by atoms with Crippen LogP contribution in [0.1, 0.15) is 35.7 Å². The van der Waals surface area contributed by atoms with Gasteiger partial charge in [0, 0.05) is 18.1 Å². The molecule has 0 unspecified atom stereocenters. The van der Waals surface area contributed by atoms with Crippen molar-refractivity contribution < 1.29 is 14.3 Å². The van der Waals surface area contributed by atoms with Crippen molar-refractivity contribution in [2.24, 2.45) is 0 Å². The summed E-state index contributed by atoms with van der Waals surface area (Å²) in [5.74, 6) is -0.911. The molecule has 0 saturated heterocycles. The normalized spacial score (nSPS) is 10.1. The Morgan fingerprint density at radius 3 is 2.43 bits per heavy atom. The van der Waals surface area contributed by atoms with E-state index in [1.54, 1.807) is 0 Å². The highest BCUT2D eigenvalue weighted by atomic mass is 16.5. The fourth-order valence-corrected chi connectivity index (χ4v) is 2.04. The minimum absolute atomic E-state index is 0.321. The molecule has 23 heavy (non-hydrogen) atoms. The van der Waals surface area contributed by atoms with Crippen molar-refractivity contribution in [2.45, 2.75) is 26.2 Å². The average molecular weight is 312 g/mol. The minimum Gasteiger partial charge on any atom is -0.452 e. The molecule has 2 aromatic rings. The Labute approximate surface area is 135 Å². The van der Waals surface area contributed by atoms with Gasteiger partial charge in [0.15, 0.2) is 6.61 Å². The number of hydrogen-bond donors (Lipinski definition) is 1. The smallest absolute Gasteiger partial charge is 0.338 e. The molecule has 0 aliphatic rings. The van der Waals surface area contributed by atoms with Gasteiger partial charge in [-0.3, -0.25) is 9.78 Å². The number of carbonyl (C=O) groups excluding carboxylic acids is 2. The number of anilines is 1. The number of aromatic nitrogens is 1. The SMILES string of the molecule is CCCCc1ccc(NC(=O)COC(=O)c2ccncc2)cc1. The van der Waals surface area contributed by atoms with E-state index in [0.29, 0.717) is 11.3 Å². The summed E-state index contributed by atoms with van der Waals surface area (Å²) in [6.07, 6.45) is 6.33. The van der Waals surface area contributed by atoms with Gasteiger partial charge in [0.1, 0.15) is 0 Å². The fourth-order valence-electron chi connectivity index (χ4n) is 2.04. The van der Waals surface area contributed by atoms with Crippen LogP contribution < -0.4 is 5.32 Å². The van der Waals surface area contributed by atoms with Crippen molar-refractivity contribution in [1.82, 2.24) is 4.98 Å². The Kier molecular flexibility index (Phi) is 6.29. The van der Waals surface area contributed by atoms with E-state index in [1.807, 2.05) is 24.3 Å². The lowest BCUT2D eigenvalue weighted by atomic mass is 10.1. The zero-order valence-electron chi connectivity index (χ0n) is 13.1. The largest absolute Gasteiger partial charge is 0.452 e. The van der Waals surface area contributed by atoms with Gasteiger partial charge in [0.25, 0.3) is 5.91 Å². The first-order valence-electron chi connectivity index (χ1n) is 7.65. The number of benzene rings is 1. The van der Waals surface area contributed by atoms with E-state index in [4.69, 9.17) is 4.74 Å². The Hall–Kier alpha value is -2.69. The number of nitrogens with zero attached hydrogens (tertiary/aromatic N) is 1. The fraction of sp³-hybridized carbons (Fsp3) is 0.278. The predicted molar refractivity (Wildman–Crippen MR) is 88.2 cm³/mol. The molecular weight excluding hydrogens is 292 g/mol. The van der Waals surface area contributed by atoms with Crippen LogP contribution in [-0.2, 0) is 16.0 Å². The van der Waals surface area contributed by atoms with Crippen LogP contribution >= 0.6 is 0 Å². The van der Waals surface area contributed by atoms with Crippen LogP contribution in [-0.4, -0.2) is 23.5 Å². The second-order valence-corrected chi connectivity index (χ2v) is 5.16.